The first-order valence-corrected chi connectivity index (χ1v) is 8.65. The van der Waals surface area contributed by atoms with Gasteiger partial charge in [-0.25, -0.2) is 0 Å². The van der Waals surface area contributed by atoms with Crippen molar-refractivity contribution in [2.75, 3.05) is 17.7 Å². The Morgan fingerprint density at radius 2 is 1.82 bits per heavy atom. The highest BCUT2D eigenvalue weighted by atomic mass is 16.5. The number of carbonyl (C=O) groups excluding carboxylic acids is 2. The molecule has 3 aromatic rings. The van der Waals surface area contributed by atoms with Gasteiger partial charge in [0.05, 0.1) is 18.4 Å². The number of methoxy groups -OCH3 is 1. The minimum absolute atomic E-state index is 0.338. The lowest BCUT2D eigenvalue weighted by atomic mass is 10.1. The molecule has 142 valence electrons. The molecule has 0 aliphatic heterocycles. The van der Waals surface area contributed by atoms with E-state index < -0.39 is 0 Å². The van der Waals surface area contributed by atoms with Crippen molar-refractivity contribution in [2.24, 2.45) is 0 Å². The van der Waals surface area contributed by atoms with E-state index in [1.807, 2.05) is 13.0 Å². The highest BCUT2D eigenvalue weighted by Gasteiger charge is 2.13. The van der Waals surface area contributed by atoms with E-state index in [2.05, 4.69) is 10.6 Å². The summed E-state index contributed by atoms with van der Waals surface area (Å²) in [4.78, 5) is 24.9. The van der Waals surface area contributed by atoms with E-state index in [-0.39, 0.29) is 11.8 Å². The SMILES string of the molecule is COc1cccc(NC(=O)c2ccccc2NC(=O)/C=C/c2ccc(C)o2)c1. The van der Waals surface area contributed by atoms with Crippen LogP contribution < -0.4 is 15.4 Å². The number of aryl methyl sites for hydroxylation is 1. The number of nitrogens with one attached hydrogen (secondary N) is 2. The molecule has 0 aliphatic rings. The molecule has 0 atom stereocenters. The summed E-state index contributed by atoms with van der Waals surface area (Å²) in [5.74, 6) is 1.28. The number of benzene rings is 2. The van der Waals surface area contributed by atoms with Crippen LogP contribution >= 0.6 is 0 Å². The largest absolute Gasteiger partial charge is 0.497 e. The second-order valence-electron chi connectivity index (χ2n) is 6.00. The van der Waals surface area contributed by atoms with Gasteiger partial charge in [-0.15, -0.1) is 0 Å². The Bertz CT molecular complexity index is 1020. The molecular formula is C22H20N2O4. The van der Waals surface area contributed by atoms with Gasteiger partial charge in [0.1, 0.15) is 17.3 Å². The minimum atomic E-state index is -0.365. The molecule has 3 rings (SSSR count). The highest BCUT2D eigenvalue weighted by Crippen LogP contribution is 2.20. The van der Waals surface area contributed by atoms with Crippen molar-refractivity contribution in [2.45, 2.75) is 6.92 Å². The van der Waals surface area contributed by atoms with Crippen LogP contribution in [0.3, 0.4) is 0 Å². The maximum Gasteiger partial charge on any atom is 0.257 e. The predicted molar refractivity (Wildman–Crippen MR) is 108 cm³/mol. The van der Waals surface area contributed by atoms with Gasteiger partial charge >= 0.3 is 0 Å². The van der Waals surface area contributed by atoms with Gasteiger partial charge in [0.2, 0.25) is 5.91 Å². The molecule has 6 heteroatoms. The lowest BCUT2D eigenvalue weighted by Gasteiger charge is -2.11. The molecule has 2 amide bonds. The molecule has 1 aromatic heterocycles. The molecule has 0 radical (unpaired) electrons. The van der Waals surface area contributed by atoms with Crippen LogP contribution in [0, 0.1) is 6.92 Å². The Morgan fingerprint density at radius 3 is 2.57 bits per heavy atom. The third-order valence-electron chi connectivity index (χ3n) is 3.92. The van der Waals surface area contributed by atoms with Crippen molar-refractivity contribution < 1.29 is 18.7 Å². The van der Waals surface area contributed by atoms with Gasteiger partial charge in [-0.05, 0) is 49.4 Å². The van der Waals surface area contributed by atoms with Crippen LogP contribution in [0.5, 0.6) is 5.75 Å². The van der Waals surface area contributed by atoms with Gasteiger partial charge in [-0.3, -0.25) is 9.59 Å². The summed E-state index contributed by atoms with van der Waals surface area (Å²) in [6.07, 6.45) is 2.93. The standard InChI is InChI=1S/C22H20N2O4/c1-15-10-11-17(28-15)12-13-21(25)24-20-9-4-3-8-19(20)22(26)23-16-6-5-7-18(14-16)27-2/h3-14H,1-2H3,(H,23,26)(H,24,25)/b13-12+. The first-order chi connectivity index (χ1) is 13.5. The number of hydrogen-bond donors (Lipinski definition) is 2. The molecule has 0 unspecified atom stereocenters. The van der Waals surface area contributed by atoms with Crippen molar-refractivity contribution in [3.63, 3.8) is 0 Å². The van der Waals surface area contributed by atoms with Crippen molar-refractivity contribution in [1.82, 2.24) is 0 Å². The van der Waals surface area contributed by atoms with Crippen molar-refractivity contribution in [3.8, 4) is 5.75 Å². The van der Waals surface area contributed by atoms with E-state index in [1.165, 1.54) is 6.08 Å². The van der Waals surface area contributed by atoms with Gasteiger partial charge < -0.3 is 19.8 Å². The van der Waals surface area contributed by atoms with E-state index in [1.54, 1.807) is 67.8 Å². The van der Waals surface area contributed by atoms with Crippen molar-refractivity contribution >= 4 is 29.3 Å². The number of carbonyl (C=O) groups is 2. The van der Waals surface area contributed by atoms with Gasteiger partial charge in [0.15, 0.2) is 0 Å². The maximum atomic E-state index is 12.7. The fraction of sp³-hybridized carbons (Fsp3) is 0.0909. The van der Waals surface area contributed by atoms with E-state index in [4.69, 9.17) is 9.15 Å². The molecule has 0 fully saturated rings. The average Bonchev–Trinajstić information content (AvgIpc) is 3.12. The number of ether oxygens (including phenoxy) is 1. The summed E-state index contributed by atoms with van der Waals surface area (Å²) in [6.45, 7) is 1.83. The Hall–Kier alpha value is -3.80. The maximum absolute atomic E-state index is 12.7. The van der Waals surface area contributed by atoms with Crippen LogP contribution in [0.2, 0.25) is 0 Å². The summed E-state index contributed by atoms with van der Waals surface area (Å²) in [5, 5.41) is 5.53. The molecule has 1 heterocycles. The summed E-state index contributed by atoms with van der Waals surface area (Å²) < 4.78 is 10.5. The summed E-state index contributed by atoms with van der Waals surface area (Å²) in [7, 11) is 1.56. The predicted octanol–water partition coefficient (Wildman–Crippen LogP) is 4.50. The molecule has 0 aliphatic carbocycles. The molecule has 28 heavy (non-hydrogen) atoms. The number of amides is 2. The fourth-order valence-electron chi connectivity index (χ4n) is 2.56. The average molecular weight is 376 g/mol. The topological polar surface area (TPSA) is 80.6 Å². The minimum Gasteiger partial charge on any atom is -0.497 e. The number of rotatable bonds is 6. The van der Waals surface area contributed by atoms with Crippen LogP contribution in [-0.2, 0) is 4.79 Å². The molecule has 2 N–H and O–H groups in total. The molecule has 6 nitrogen and oxygen atoms in total. The zero-order valence-corrected chi connectivity index (χ0v) is 15.6. The van der Waals surface area contributed by atoms with Crippen LogP contribution in [0.15, 0.2) is 71.2 Å². The summed E-state index contributed by atoms with van der Waals surface area (Å²) >= 11 is 0. The number of furan rings is 1. The van der Waals surface area contributed by atoms with Gasteiger partial charge in [0.25, 0.3) is 5.91 Å². The molecule has 0 saturated heterocycles. The Morgan fingerprint density at radius 1 is 1.00 bits per heavy atom. The number of hydrogen-bond acceptors (Lipinski definition) is 4. The number of para-hydroxylation sites is 1. The highest BCUT2D eigenvalue weighted by molar-refractivity contribution is 6.11. The second-order valence-corrected chi connectivity index (χ2v) is 6.00. The zero-order valence-electron chi connectivity index (χ0n) is 15.6. The van der Waals surface area contributed by atoms with Gasteiger partial charge in [-0.1, -0.05) is 18.2 Å². The molecule has 0 bridgehead atoms. The summed E-state index contributed by atoms with van der Waals surface area (Å²) in [6, 6.07) is 17.4. The third-order valence-corrected chi connectivity index (χ3v) is 3.92. The van der Waals surface area contributed by atoms with E-state index in [0.29, 0.717) is 28.4 Å². The first-order valence-electron chi connectivity index (χ1n) is 8.65. The van der Waals surface area contributed by atoms with Gasteiger partial charge in [0, 0.05) is 17.8 Å². The first kappa shape index (κ1) is 19.0. The molecular weight excluding hydrogens is 356 g/mol. The Labute approximate surface area is 162 Å². The zero-order chi connectivity index (χ0) is 19.9. The lowest BCUT2D eigenvalue weighted by Crippen LogP contribution is -2.17. The lowest BCUT2D eigenvalue weighted by molar-refractivity contribution is -0.111. The van der Waals surface area contributed by atoms with Crippen LogP contribution in [0.4, 0.5) is 11.4 Å². The monoisotopic (exact) mass is 376 g/mol. The number of anilines is 2. The van der Waals surface area contributed by atoms with Crippen molar-refractivity contribution in [1.29, 1.82) is 0 Å². The van der Waals surface area contributed by atoms with E-state index in [0.717, 1.165) is 5.76 Å². The third kappa shape index (κ3) is 4.88. The van der Waals surface area contributed by atoms with Crippen LogP contribution in [0.1, 0.15) is 21.9 Å². The molecule has 2 aromatic carbocycles. The fourth-order valence-corrected chi connectivity index (χ4v) is 2.56. The molecule has 0 spiro atoms. The van der Waals surface area contributed by atoms with E-state index in [9.17, 15) is 9.59 Å². The Balaban J connectivity index is 1.72. The van der Waals surface area contributed by atoms with Crippen LogP contribution in [-0.4, -0.2) is 18.9 Å². The normalized spacial score (nSPS) is 10.6. The van der Waals surface area contributed by atoms with E-state index >= 15 is 0 Å². The van der Waals surface area contributed by atoms with Crippen LogP contribution in [0.25, 0.3) is 6.08 Å². The Kier molecular flexibility index (Phi) is 5.91. The van der Waals surface area contributed by atoms with Gasteiger partial charge in [-0.2, -0.15) is 0 Å². The quantitative estimate of drug-likeness (QED) is 0.621. The summed E-state index contributed by atoms with van der Waals surface area (Å²) in [5.41, 5.74) is 1.35. The smallest absolute Gasteiger partial charge is 0.257 e. The molecule has 0 saturated carbocycles. The second kappa shape index (κ2) is 8.73. The van der Waals surface area contributed by atoms with Crippen molar-refractivity contribution in [3.05, 3.63) is 83.8 Å².